The number of rotatable bonds is 11. The third-order valence-corrected chi connectivity index (χ3v) is 22.0. The molecule has 0 fully saturated rings. The number of benzene rings is 15. The lowest BCUT2D eigenvalue weighted by Gasteiger charge is -2.46. The first kappa shape index (κ1) is 60.9. The lowest BCUT2D eigenvalue weighted by Crippen LogP contribution is -2.61. The molecule has 0 spiro atoms. The lowest BCUT2D eigenvalue weighted by atomic mass is 9.33. The Labute approximate surface area is 605 Å². The van der Waals surface area contributed by atoms with Crippen LogP contribution in [0.1, 0.15) is 33.4 Å². The summed E-state index contributed by atoms with van der Waals surface area (Å²) in [4.78, 5) is 10.1. The average molecular weight is 1330 g/mol. The molecular formula is C96H72BN7. The molecule has 0 bridgehead atoms. The first-order chi connectivity index (χ1) is 51.1. The van der Waals surface area contributed by atoms with E-state index in [9.17, 15) is 0 Å². The van der Waals surface area contributed by atoms with Gasteiger partial charge in [-0.2, -0.15) is 0 Å². The first-order valence-electron chi connectivity index (χ1n) is 36.2. The van der Waals surface area contributed by atoms with Crippen molar-refractivity contribution >= 4 is 157 Å². The normalized spacial score (nSPS) is 12.5. The minimum atomic E-state index is -0.199. The van der Waals surface area contributed by atoms with Crippen LogP contribution in [0, 0.1) is 41.5 Å². The minimum absolute atomic E-state index is 0.199. The van der Waals surface area contributed by atoms with Crippen LogP contribution < -0.4 is 36.0 Å². The molecule has 7 nitrogen and oxygen atoms in total. The zero-order chi connectivity index (χ0) is 69.6. The maximum atomic E-state index is 2.67. The second kappa shape index (κ2) is 23.8. The van der Waals surface area contributed by atoms with E-state index < -0.39 is 0 Å². The van der Waals surface area contributed by atoms with Crippen molar-refractivity contribution < 1.29 is 0 Å². The predicted molar refractivity (Wildman–Crippen MR) is 441 cm³/mol. The molecule has 2 aliphatic heterocycles. The van der Waals surface area contributed by atoms with E-state index in [1.165, 1.54) is 105 Å². The van der Waals surface area contributed by atoms with Gasteiger partial charge in [0.25, 0.3) is 6.71 Å². The van der Waals surface area contributed by atoms with Crippen LogP contribution in [-0.4, -0.2) is 20.4 Å². The topological polar surface area (TPSA) is 27.8 Å². The summed E-state index contributed by atoms with van der Waals surface area (Å²) >= 11 is 0. The van der Waals surface area contributed by atoms with E-state index in [-0.39, 0.29) is 6.71 Å². The molecule has 0 N–H and O–H groups in total. The SMILES string of the molecule is Cc1cc(C)c(N2c3cc(-n4c5ccccc5c5ccccc54)ccc3B3c4ccc(-n5c6ccccc6c6ccccc65)cc4N(c4c(C)cc(C)cc4C)c4cc(-n5c6ccc(N(c7ccccc7)c7ccccc7)cc6c6cc(N(c7ccccc7)c7ccccc7)ccc65)cc2c43)c(C)c1. The van der Waals surface area contributed by atoms with E-state index >= 15 is 0 Å². The molecule has 5 heterocycles. The number of para-hydroxylation sites is 8. The van der Waals surface area contributed by atoms with Gasteiger partial charge in [0.15, 0.2) is 0 Å². The standard InChI is InChI=1S/C96H72BN7/c1-61-51-63(3)95(64(4)52-61)103-90-57-73(100-84-39-23-19-35-76(84)77-36-20-24-40-85(77)100)43-47-82(90)97-83-48-44-74(101-86-41-25-21-37-78(86)79-38-22-26-42-87(79)101)58-91(83)104(96-65(5)53-62(2)54-66(96)6)93-60-75(59-92(103)94(93)97)102-88-49-45-71(98(67-27-11-7-12-28-67)68-29-13-8-14-30-68)55-80(88)81-56-72(46-50-89(81)102)99(69-31-15-9-16-32-69)70-33-17-10-18-34-70/h7-60H,1-6H3. The van der Waals surface area contributed by atoms with Gasteiger partial charge >= 0.3 is 0 Å². The van der Waals surface area contributed by atoms with Crippen LogP contribution in [-0.2, 0) is 0 Å². The Hall–Kier alpha value is -13.0. The van der Waals surface area contributed by atoms with Gasteiger partial charge in [0.05, 0.1) is 50.2 Å². The van der Waals surface area contributed by atoms with Gasteiger partial charge in [0.1, 0.15) is 0 Å². The van der Waals surface area contributed by atoms with Crippen molar-refractivity contribution in [1.29, 1.82) is 0 Å². The zero-order valence-corrected chi connectivity index (χ0v) is 58.9. The number of aromatic nitrogens is 3. The fourth-order valence-electron chi connectivity index (χ4n) is 18.1. The Morgan fingerprint density at radius 1 is 0.231 bits per heavy atom. The van der Waals surface area contributed by atoms with Gasteiger partial charge in [-0.05, 0) is 226 Å². The molecule has 15 aromatic carbocycles. The second-order valence-electron chi connectivity index (χ2n) is 28.5. The molecule has 2 aliphatic rings. The quantitative estimate of drug-likeness (QED) is 0.121. The van der Waals surface area contributed by atoms with Crippen molar-refractivity contribution in [3.8, 4) is 17.1 Å². The van der Waals surface area contributed by atoms with Crippen molar-refractivity contribution in [2.45, 2.75) is 41.5 Å². The van der Waals surface area contributed by atoms with Gasteiger partial charge in [0.2, 0.25) is 0 Å². The summed E-state index contributed by atoms with van der Waals surface area (Å²) in [6, 6.07) is 122. The molecular weight excluding hydrogens is 1260 g/mol. The highest BCUT2D eigenvalue weighted by Crippen LogP contribution is 2.52. The molecule has 20 rings (SSSR count). The second-order valence-corrected chi connectivity index (χ2v) is 28.5. The molecule has 8 heteroatoms. The number of anilines is 12. The summed E-state index contributed by atoms with van der Waals surface area (Å²) < 4.78 is 7.55. The van der Waals surface area contributed by atoms with Crippen LogP contribution in [0.2, 0.25) is 0 Å². The monoisotopic (exact) mass is 1330 g/mol. The largest absolute Gasteiger partial charge is 0.311 e. The Bertz CT molecular complexity index is 5910. The van der Waals surface area contributed by atoms with Crippen LogP contribution in [0.3, 0.4) is 0 Å². The highest BCUT2D eigenvalue weighted by molar-refractivity contribution is 7.00. The molecule has 0 unspecified atom stereocenters. The summed E-state index contributed by atoms with van der Waals surface area (Å²) in [5.41, 5.74) is 34.6. The molecule has 0 saturated carbocycles. The Kier molecular flexibility index (Phi) is 13.9. The van der Waals surface area contributed by atoms with Gasteiger partial charge in [-0.3, -0.25) is 0 Å². The van der Waals surface area contributed by atoms with Crippen molar-refractivity contribution in [2.75, 3.05) is 19.6 Å². The van der Waals surface area contributed by atoms with Gasteiger partial charge < -0.3 is 33.3 Å². The summed E-state index contributed by atoms with van der Waals surface area (Å²) in [5, 5.41) is 7.19. The van der Waals surface area contributed by atoms with E-state index in [0.717, 1.165) is 95.7 Å². The molecule has 0 radical (unpaired) electrons. The molecule has 0 aliphatic carbocycles. The van der Waals surface area contributed by atoms with E-state index in [1.807, 2.05) is 0 Å². The molecule has 3 aromatic heterocycles. The third-order valence-electron chi connectivity index (χ3n) is 22.0. The van der Waals surface area contributed by atoms with Gasteiger partial charge in [-0.15, -0.1) is 0 Å². The molecule has 18 aromatic rings. The summed E-state index contributed by atoms with van der Waals surface area (Å²) in [6.07, 6.45) is 0. The predicted octanol–water partition coefficient (Wildman–Crippen LogP) is 23.9. The Balaban J connectivity index is 0.927. The zero-order valence-electron chi connectivity index (χ0n) is 58.9. The van der Waals surface area contributed by atoms with Gasteiger partial charge in [-0.1, -0.05) is 193 Å². The minimum Gasteiger partial charge on any atom is -0.311 e. The highest BCUT2D eigenvalue weighted by Gasteiger charge is 2.45. The highest BCUT2D eigenvalue weighted by atomic mass is 15.2. The number of aryl methyl sites for hydroxylation is 6. The van der Waals surface area contributed by atoms with Crippen molar-refractivity contribution in [2.24, 2.45) is 0 Å². The average Bonchev–Trinajstić information content (AvgIpc) is 0.845. The molecule has 0 atom stereocenters. The van der Waals surface area contributed by atoms with Crippen molar-refractivity contribution in [1.82, 2.24) is 13.7 Å². The Morgan fingerprint density at radius 2 is 0.519 bits per heavy atom. The van der Waals surface area contributed by atoms with Crippen LogP contribution in [0.4, 0.5) is 68.2 Å². The van der Waals surface area contributed by atoms with Crippen LogP contribution in [0.5, 0.6) is 0 Å². The van der Waals surface area contributed by atoms with Crippen LogP contribution in [0.25, 0.3) is 82.5 Å². The number of hydrogen-bond donors (Lipinski definition) is 0. The maximum Gasteiger partial charge on any atom is 0.252 e. The van der Waals surface area contributed by atoms with Crippen LogP contribution >= 0.6 is 0 Å². The molecule has 494 valence electrons. The van der Waals surface area contributed by atoms with Crippen LogP contribution in [0.15, 0.2) is 328 Å². The van der Waals surface area contributed by atoms with Crippen molar-refractivity contribution in [3.63, 3.8) is 0 Å². The fourth-order valence-corrected chi connectivity index (χ4v) is 18.1. The maximum absolute atomic E-state index is 2.67. The lowest BCUT2D eigenvalue weighted by molar-refractivity contribution is 1.13. The van der Waals surface area contributed by atoms with E-state index in [0.29, 0.717) is 0 Å². The Morgan fingerprint density at radius 3 is 0.856 bits per heavy atom. The van der Waals surface area contributed by atoms with Crippen molar-refractivity contribution in [3.05, 3.63) is 361 Å². The third kappa shape index (κ3) is 9.38. The van der Waals surface area contributed by atoms with Gasteiger partial charge in [-0.25, -0.2) is 0 Å². The van der Waals surface area contributed by atoms with E-state index in [1.54, 1.807) is 0 Å². The molecule has 0 amide bonds. The fraction of sp³-hybridized carbons (Fsp3) is 0.0625. The smallest absolute Gasteiger partial charge is 0.252 e. The first-order valence-corrected chi connectivity index (χ1v) is 36.2. The number of hydrogen-bond acceptors (Lipinski definition) is 4. The summed E-state index contributed by atoms with van der Waals surface area (Å²) in [5.74, 6) is 0. The summed E-state index contributed by atoms with van der Waals surface area (Å²) in [6.45, 7) is 13.5. The summed E-state index contributed by atoms with van der Waals surface area (Å²) in [7, 11) is 0. The molecule has 0 saturated heterocycles. The van der Waals surface area contributed by atoms with Gasteiger partial charge in [0, 0.05) is 101 Å². The number of fused-ring (bicyclic) bond motifs is 13. The van der Waals surface area contributed by atoms with E-state index in [4.69, 9.17) is 0 Å². The van der Waals surface area contributed by atoms with E-state index in [2.05, 4.69) is 402 Å². The number of nitrogens with zero attached hydrogens (tertiary/aromatic N) is 7. The molecule has 104 heavy (non-hydrogen) atoms.